The Balaban J connectivity index is 1.73. The minimum atomic E-state index is -0.338. The second-order valence-corrected chi connectivity index (χ2v) is 8.31. The van der Waals surface area contributed by atoms with E-state index in [2.05, 4.69) is 46.6 Å². The van der Waals surface area contributed by atoms with Gasteiger partial charge < -0.3 is 15.2 Å². The summed E-state index contributed by atoms with van der Waals surface area (Å²) in [5, 5.41) is 0. The van der Waals surface area contributed by atoms with Crippen LogP contribution in [0.4, 0.5) is 11.5 Å². The maximum Gasteiger partial charge on any atom is 0.349 e. The molecular weight excluding hydrogens is 412 g/mol. The number of imidazole rings is 1. The molecule has 0 saturated heterocycles. The summed E-state index contributed by atoms with van der Waals surface area (Å²) >= 11 is 6.06. The van der Waals surface area contributed by atoms with E-state index in [0.717, 1.165) is 29.0 Å². The molecule has 31 heavy (non-hydrogen) atoms. The van der Waals surface area contributed by atoms with Gasteiger partial charge in [0.2, 0.25) is 0 Å². The largest absolute Gasteiger partial charge is 0.383 e. The highest BCUT2D eigenvalue weighted by Crippen LogP contribution is 2.23. The first-order valence-corrected chi connectivity index (χ1v) is 11.7. The van der Waals surface area contributed by atoms with Crippen molar-refractivity contribution in [3.8, 4) is 0 Å². The molecule has 0 radical (unpaired) electrons. The summed E-state index contributed by atoms with van der Waals surface area (Å²) in [7, 11) is 2.09. The molecule has 1 aromatic carbocycles. The van der Waals surface area contributed by atoms with Crippen LogP contribution in [0.2, 0.25) is 0 Å². The number of alkyl halides is 1. The SMILES string of the molecule is CCCCCCCc1nc2cc(N(CCCl)CCn3ccc(N)nc3=O)ccc2n1C. The Hall–Kier alpha value is -2.54. The standard InChI is InChI=1S/C23H33ClN6O/c1-3-4-5-6-7-8-22-26-19-17-18(9-10-20(19)28(22)2)29(14-12-24)15-16-30-13-11-21(25)27-23(30)31/h9-11,13,17H,3-8,12,14-16H2,1-2H3,(H2,25,27,31). The first-order valence-electron chi connectivity index (χ1n) is 11.1. The Morgan fingerprint density at radius 1 is 1.10 bits per heavy atom. The third kappa shape index (κ3) is 6.00. The minimum Gasteiger partial charge on any atom is -0.383 e. The minimum absolute atomic E-state index is 0.237. The van der Waals surface area contributed by atoms with E-state index in [-0.39, 0.29) is 11.5 Å². The molecule has 2 aromatic heterocycles. The molecule has 2 N–H and O–H groups in total. The van der Waals surface area contributed by atoms with Gasteiger partial charge in [-0.15, -0.1) is 11.6 Å². The predicted octanol–water partition coefficient (Wildman–Crippen LogP) is 3.97. The van der Waals surface area contributed by atoms with Crippen LogP contribution in [0.25, 0.3) is 11.0 Å². The lowest BCUT2D eigenvalue weighted by Gasteiger charge is -2.24. The second-order valence-electron chi connectivity index (χ2n) is 7.93. The van der Waals surface area contributed by atoms with Crippen molar-refractivity contribution in [3.63, 3.8) is 0 Å². The van der Waals surface area contributed by atoms with Gasteiger partial charge in [0.25, 0.3) is 0 Å². The van der Waals surface area contributed by atoms with Gasteiger partial charge in [0, 0.05) is 50.9 Å². The lowest BCUT2D eigenvalue weighted by atomic mass is 10.1. The molecule has 0 aliphatic carbocycles. The van der Waals surface area contributed by atoms with Crippen LogP contribution in [0.5, 0.6) is 0 Å². The summed E-state index contributed by atoms with van der Waals surface area (Å²) in [5.41, 5.74) is 8.43. The van der Waals surface area contributed by atoms with E-state index < -0.39 is 0 Å². The third-order valence-corrected chi connectivity index (χ3v) is 5.86. The van der Waals surface area contributed by atoms with E-state index in [1.807, 2.05) is 0 Å². The number of nitrogen functional groups attached to an aromatic ring is 1. The number of anilines is 2. The Morgan fingerprint density at radius 2 is 1.90 bits per heavy atom. The molecule has 0 unspecified atom stereocenters. The number of halogens is 1. The van der Waals surface area contributed by atoms with E-state index in [1.165, 1.54) is 32.1 Å². The summed E-state index contributed by atoms with van der Waals surface area (Å²) in [6.07, 6.45) is 8.97. The Bertz CT molecular complexity index is 1040. The van der Waals surface area contributed by atoms with Crippen molar-refractivity contribution in [1.29, 1.82) is 0 Å². The average molecular weight is 445 g/mol. The molecule has 168 valence electrons. The molecule has 2 heterocycles. The summed E-state index contributed by atoms with van der Waals surface area (Å²) in [6.45, 7) is 4.07. The number of nitrogens with zero attached hydrogens (tertiary/aromatic N) is 5. The van der Waals surface area contributed by atoms with E-state index in [4.69, 9.17) is 22.3 Å². The molecule has 7 nitrogen and oxygen atoms in total. The van der Waals surface area contributed by atoms with Gasteiger partial charge >= 0.3 is 5.69 Å². The summed E-state index contributed by atoms with van der Waals surface area (Å²) < 4.78 is 3.76. The van der Waals surface area contributed by atoms with E-state index in [9.17, 15) is 4.79 Å². The molecule has 0 fully saturated rings. The molecule has 0 spiro atoms. The number of benzene rings is 1. The summed E-state index contributed by atoms with van der Waals surface area (Å²) in [4.78, 5) is 22.9. The van der Waals surface area contributed by atoms with Gasteiger partial charge in [-0.1, -0.05) is 32.6 Å². The highest BCUT2D eigenvalue weighted by Gasteiger charge is 2.12. The number of fused-ring (bicyclic) bond motifs is 1. The van der Waals surface area contributed by atoms with Crippen LogP contribution in [0, 0.1) is 0 Å². The zero-order chi connectivity index (χ0) is 22.2. The van der Waals surface area contributed by atoms with Crippen LogP contribution in [-0.4, -0.2) is 38.1 Å². The molecular formula is C23H33ClN6O. The maximum absolute atomic E-state index is 12.0. The Labute approximate surface area is 188 Å². The zero-order valence-corrected chi connectivity index (χ0v) is 19.3. The van der Waals surface area contributed by atoms with Gasteiger partial charge in [-0.05, 0) is 30.7 Å². The van der Waals surface area contributed by atoms with Crippen molar-refractivity contribution in [2.75, 3.05) is 29.6 Å². The summed E-state index contributed by atoms with van der Waals surface area (Å²) in [5.74, 6) is 1.87. The number of aromatic nitrogens is 4. The normalized spacial score (nSPS) is 11.3. The van der Waals surface area contributed by atoms with Crippen molar-refractivity contribution in [2.24, 2.45) is 7.05 Å². The number of aryl methyl sites for hydroxylation is 2. The zero-order valence-electron chi connectivity index (χ0n) is 18.6. The van der Waals surface area contributed by atoms with E-state index in [1.54, 1.807) is 16.8 Å². The monoisotopic (exact) mass is 444 g/mol. The quantitative estimate of drug-likeness (QED) is 0.337. The van der Waals surface area contributed by atoms with E-state index >= 15 is 0 Å². The Kier molecular flexibility index (Phi) is 8.35. The number of unbranched alkanes of at least 4 members (excludes halogenated alkanes) is 4. The lowest BCUT2D eigenvalue weighted by Crippen LogP contribution is -2.33. The van der Waals surface area contributed by atoms with Gasteiger partial charge in [0.05, 0.1) is 11.0 Å². The molecule has 3 aromatic rings. The lowest BCUT2D eigenvalue weighted by molar-refractivity contribution is 0.616. The molecule has 0 saturated carbocycles. The van der Waals surface area contributed by atoms with Crippen molar-refractivity contribution < 1.29 is 0 Å². The molecule has 0 aliphatic heterocycles. The van der Waals surface area contributed by atoms with Crippen LogP contribution in [0.15, 0.2) is 35.3 Å². The summed E-state index contributed by atoms with van der Waals surface area (Å²) in [6, 6.07) is 7.98. The maximum atomic E-state index is 12.0. The second kappa shape index (κ2) is 11.2. The highest BCUT2D eigenvalue weighted by molar-refractivity contribution is 6.18. The average Bonchev–Trinajstić information content (AvgIpc) is 3.07. The smallest absolute Gasteiger partial charge is 0.349 e. The van der Waals surface area contributed by atoms with Crippen molar-refractivity contribution in [3.05, 3.63) is 46.8 Å². The fourth-order valence-corrected chi connectivity index (χ4v) is 4.06. The van der Waals surface area contributed by atoms with Crippen molar-refractivity contribution in [2.45, 2.75) is 52.0 Å². The Morgan fingerprint density at radius 3 is 2.65 bits per heavy atom. The van der Waals surface area contributed by atoms with E-state index in [0.29, 0.717) is 25.5 Å². The van der Waals surface area contributed by atoms with Crippen LogP contribution >= 0.6 is 11.6 Å². The van der Waals surface area contributed by atoms with Gasteiger partial charge in [-0.2, -0.15) is 4.98 Å². The number of rotatable bonds is 12. The van der Waals surface area contributed by atoms with Gasteiger partial charge in [0.15, 0.2) is 0 Å². The first kappa shape index (κ1) is 23.1. The van der Waals surface area contributed by atoms with Crippen molar-refractivity contribution >= 4 is 34.1 Å². The highest BCUT2D eigenvalue weighted by atomic mass is 35.5. The fourth-order valence-electron chi connectivity index (χ4n) is 3.86. The van der Waals surface area contributed by atoms with Crippen LogP contribution in [0.3, 0.4) is 0 Å². The molecule has 8 heteroatoms. The fraction of sp³-hybridized carbons (Fsp3) is 0.522. The number of nitrogens with two attached hydrogens (primary N) is 1. The van der Waals surface area contributed by atoms with Crippen molar-refractivity contribution in [1.82, 2.24) is 19.1 Å². The van der Waals surface area contributed by atoms with Crippen LogP contribution in [0.1, 0.15) is 44.9 Å². The first-order chi connectivity index (χ1) is 15.0. The molecule has 0 amide bonds. The third-order valence-electron chi connectivity index (χ3n) is 5.69. The molecule has 3 rings (SSSR count). The molecule has 0 bridgehead atoms. The van der Waals surface area contributed by atoms with Crippen LogP contribution in [-0.2, 0) is 20.0 Å². The molecule has 0 atom stereocenters. The van der Waals surface area contributed by atoms with Gasteiger partial charge in [0.1, 0.15) is 11.6 Å². The van der Waals surface area contributed by atoms with Gasteiger partial charge in [-0.25, -0.2) is 9.78 Å². The molecule has 0 aliphatic rings. The van der Waals surface area contributed by atoms with Gasteiger partial charge in [-0.3, -0.25) is 4.57 Å². The number of hydrogen-bond donors (Lipinski definition) is 1. The number of hydrogen-bond acceptors (Lipinski definition) is 5. The topological polar surface area (TPSA) is 82.0 Å². The predicted molar refractivity (Wildman–Crippen MR) is 129 cm³/mol. The van der Waals surface area contributed by atoms with Crippen LogP contribution < -0.4 is 16.3 Å².